The fraction of sp³-hybridized carbons (Fsp3) is 0.480. The Morgan fingerprint density at radius 3 is 1.97 bits per heavy atom. The Kier molecular flexibility index (Phi) is 7.22. The summed E-state index contributed by atoms with van der Waals surface area (Å²) in [4.78, 5) is 6.90. The highest BCUT2D eigenvalue weighted by Gasteiger charge is 2.54. The van der Waals surface area contributed by atoms with Crippen LogP contribution in [0.4, 0.5) is 0 Å². The molecule has 0 unspecified atom stereocenters. The van der Waals surface area contributed by atoms with Gasteiger partial charge in [0.05, 0.1) is 18.8 Å². The highest BCUT2D eigenvalue weighted by molar-refractivity contribution is 8.14. The fourth-order valence-corrected chi connectivity index (χ4v) is 5.15. The van der Waals surface area contributed by atoms with Gasteiger partial charge in [-0.1, -0.05) is 72.4 Å². The molecule has 0 aromatic heterocycles. The van der Waals surface area contributed by atoms with Crippen LogP contribution in [0.15, 0.2) is 65.7 Å². The Balaban J connectivity index is 1.62. The smallest absolute Gasteiger partial charge is 0.161 e. The van der Waals surface area contributed by atoms with Gasteiger partial charge < -0.3 is 24.2 Å². The van der Waals surface area contributed by atoms with E-state index in [1.165, 1.54) is 0 Å². The number of fused-ring (bicyclic) bond motifs is 1. The zero-order chi connectivity index (χ0) is 22.7. The van der Waals surface area contributed by atoms with Crippen molar-refractivity contribution in [1.82, 2.24) is 4.90 Å². The SMILES string of the molecule is CN(C)C1=N[C@@H]2[C@@H](OCc3ccccc3)[C@@H](OCc3ccccc3)[C@@H](C(C)(C)O)O[C@@H]2S1. The van der Waals surface area contributed by atoms with Crippen LogP contribution in [0.1, 0.15) is 25.0 Å². The number of amidine groups is 1. The molecule has 0 radical (unpaired) electrons. The second-order valence-corrected chi connectivity index (χ2v) is 10.1. The zero-order valence-corrected chi connectivity index (χ0v) is 19.9. The van der Waals surface area contributed by atoms with Gasteiger partial charge in [-0.25, -0.2) is 0 Å². The van der Waals surface area contributed by atoms with Crippen LogP contribution < -0.4 is 0 Å². The number of hydrogen-bond acceptors (Lipinski definition) is 7. The number of rotatable bonds is 7. The Morgan fingerprint density at radius 1 is 0.938 bits per heavy atom. The minimum atomic E-state index is -1.11. The van der Waals surface area contributed by atoms with Crippen molar-refractivity contribution in [2.45, 2.75) is 62.5 Å². The number of thioether (sulfide) groups is 1. The fourth-order valence-electron chi connectivity index (χ4n) is 4.02. The van der Waals surface area contributed by atoms with Gasteiger partial charge in [0.1, 0.15) is 29.8 Å². The lowest BCUT2D eigenvalue weighted by molar-refractivity contribution is -0.237. The second kappa shape index (κ2) is 9.93. The minimum absolute atomic E-state index is 0.222. The number of aliphatic hydroxyl groups is 1. The highest BCUT2D eigenvalue weighted by Crippen LogP contribution is 2.42. The van der Waals surface area contributed by atoms with Gasteiger partial charge >= 0.3 is 0 Å². The van der Waals surface area contributed by atoms with Crippen molar-refractivity contribution in [1.29, 1.82) is 0 Å². The van der Waals surface area contributed by atoms with Crippen LogP contribution in [0.3, 0.4) is 0 Å². The summed E-state index contributed by atoms with van der Waals surface area (Å²) in [5, 5.41) is 11.9. The van der Waals surface area contributed by atoms with Gasteiger partial charge in [-0.05, 0) is 25.0 Å². The average Bonchev–Trinajstić information content (AvgIpc) is 3.21. The molecule has 0 bridgehead atoms. The van der Waals surface area contributed by atoms with Gasteiger partial charge in [-0.2, -0.15) is 0 Å². The third-order valence-electron chi connectivity index (χ3n) is 5.65. The van der Waals surface area contributed by atoms with E-state index in [0.717, 1.165) is 16.3 Å². The van der Waals surface area contributed by atoms with E-state index in [9.17, 15) is 5.11 Å². The van der Waals surface area contributed by atoms with Gasteiger partial charge in [-0.15, -0.1) is 0 Å². The standard InChI is InChI=1S/C25H32N2O4S/c1-25(2,28)22-21(30-16-18-13-9-6-10-14-18)20(29-15-17-11-7-5-8-12-17)19-23(31-22)32-24(26-19)27(3)4/h5-14,19-23,28H,15-16H2,1-4H3/t19-,20-,21-,22+,23-/m1/s1. The van der Waals surface area contributed by atoms with E-state index in [1.54, 1.807) is 25.6 Å². The molecule has 0 spiro atoms. The monoisotopic (exact) mass is 456 g/mol. The van der Waals surface area contributed by atoms with Crippen LogP contribution in [0.2, 0.25) is 0 Å². The van der Waals surface area contributed by atoms with Gasteiger partial charge in [0.15, 0.2) is 5.17 Å². The molecule has 1 saturated heterocycles. The summed E-state index contributed by atoms with van der Waals surface area (Å²) in [7, 11) is 3.94. The second-order valence-electron chi connectivity index (χ2n) is 9.02. The van der Waals surface area contributed by atoms with Crippen LogP contribution in [-0.4, -0.2) is 64.7 Å². The van der Waals surface area contributed by atoms with Crippen molar-refractivity contribution in [3.8, 4) is 0 Å². The summed E-state index contributed by atoms with van der Waals surface area (Å²) in [6.45, 7) is 4.37. The van der Waals surface area contributed by atoms with E-state index in [0.29, 0.717) is 13.2 Å². The van der Waals surface area contributed by atoms with Crippen molar-refractivity contribution >= 4 is 16.9 Å². The molecule has 2 heterocycles. The average molecular weight is 457 g/mol. The topological polar surface area (TPSA) is 63.5 Å². The Hall–Kier alpha value is -1.90. The molecule has 0 aliphatic carbocycles. The molecule has 2 aliphatic rings. The van der Waals surface area contributed by atoms with Crippen molar-refractivity contribution in [3.63, 3.8) is 0 Å². The molecule has 0 amide bonds. The van der Waals surface area contributed by atoms with E-state index >= 15 is 0 Å². The molecule has 1 fully saturated rings. The zero-order valence-electron chi connectivity index (χ0n) is 19.0. The van der Waals surface area contributed by atoms with E-state index in [2.05, 4.69) is 0 Å². The maximum atomic E-state index is 11.0. The van der Waals surface area contributed by atoms with Crippen LogP contribution in [-0.2, 0) is 27.4 Å². The summed E-state index contributed by atoms with van der Waals surface area (Å²) in [6.07, 6.45) is -1.40. The first-order chi connectivity index (χ1) is 15.3. The van der Waals surface area contributed by atoms with E-state index in [1.807, 2.05) is 79.7 Å². The third kappa shape index (κ3) is 5.35. The Morgan fingerprint density at radius 2 is 1.47 bits per heavy atom. The Labute approximate surface area is 194 Å². The van der Waals surface area contributed by atoms with Gasteiger partial charge in [0.2, 0.25) is 0 Å². The summed E-state index contributed by atoms with van der Waals surface area (Å²) in [5.74, 6) is 0. The number of benzene rings is 2. The molecule has 2 aromatic rings. The molecule has 172 valence electrons. The molecule has 2 aromatic carbocycles. The predicted molar refractivity (Wildman–Crippen MR) is 127 cm³/mol. The summed E-state index contributed by atoms with van der Waals surface area (Å²) >= 11 is 1.57. The van der Waals surface area contributed by atoms with Gasteiger partial charge in [0.25, 0.3) is 0 Å². The first kappa shape index (κ1) is 23.3. The van der Waals surface area contributed by atoms with Crippen molar-refractivity contribution in [2.24, 2.45) is 4.99 Å². The van der Waals surface area contributed by atoms with Crippen LogP contribution >= 0.6 is 11.8 Å². The quantitative estimate of drug-likeness (QED) is 0.686. The lowest BCUT2D eigenvalue weighted by Crippen LogP contribution is -2.62. The Bertz CT molecular complexity index is 901. The lowest BCUT2D eigenvalue weighted by atomic mass is 9.88. The van der Waals surface area contributed by atoms with Crippen LogP contribution in [0.25, 0.3) is 0 Å². The van der Waals surface area contributed by atoms with Crippen LogP contribution in [0, 0.1) is 0 Å². The lowest BCUT2D eigenvalue weighted by Gasteiger charge is -2.46. The molecule has 7 heteroatoms. The van der Waals surface area contributed by atoms with E-state index < -0.39 is 17.8 Å². The maximum absolute atomic E-state index is 11.0. The largest absolute Gasteiger partial charge is 0.388 e. The van der Waals surface area contributed by atoms with Crippen molar-refractivity contribution in [2.75, 3.05) is 14.1 Å². The number of nitrogens with zero attached hydrogens (tertiary/aromatic N) is 2. The molecule has 4 rings (SSSR count). The normalized spacial score (nSPS) is 27.7. The minimum Gasteiger partial charge on any atom is -0.388 e. The van der Waals surface area contributed by atoms with Crippen LogP contribution in [0.5, 0.6) is 0 Å². The molecule has 1 N–H and O–H groups in total. The summed E-state index contributed by atoms with van der Waals surface area (Å²) < 4.78 is 19.3. The number of ether oxygens (including phenoxy) is 3. The van der Waals surface area contributed by atoms with Crippen molar-refractivity contribution in [3.05, 3.63) is 71.8 Å². The predicted octanol–water partition coefficient (Wildman–Crippen LogP) is 3.69. The molecule has 2 aliphatic heterocycles. The first-order valence-electron chi connectivity index (χ1n) is 10.9. The molecule has 5 atom stereocenters. The highest BCUT2D eigenvalue weighted by atomic mass is 32.2. The van der Waals surface area contributed by atoms with Gasteiger partial charge in [-0.3, -0.25) is 4.99 Å². The summed E-state index contributed by atoms with van der Waals surface area (Å²) in [5.41, 5.74) is 0.798. The molecular formula is C25H32N2O4S. The third-order valence-corrected chi connectivity index (χ3v) is 6.95. The van der Waals surface area contributed by atoms with Gasteiger partial charge in [0, 0.05) is 14.1 Å². The summed E-state index contributed by atoms with van der Waals surface area (Å²) in [6, 6.07) is 19.9. The molecule has 0 saturated carbocycles. The number of hydrogen-bond donors (Lipinski definition) is 1. The molecule has 32 heavy (non-hydrogen) atoms. The van der Waals surface area contributed by atoms with Crippen molar-refractivity contribution < 1.29 is 19.3 Å². The first-order valence-corrected chi connectivity index (χ1v) is 11.8. The van der Waals surface area contributed by atoms with E-state index in [-0.39, 0.29) is 17.6 Å². The number of aliphatic imine (C=N–C) groups is 1. The molecular weight excluding hydrogens is 424 g/mol. The molecule has 6 nitrogen and oxygen atoms in total. The maximum Gasteiger partial charge on any atom is 0.161 e. The van der Waals surface area contributed by atoms with E-state index in [4.69, 9.17) is 19.2 Å².